The number of phenolic OH excluding ortho intramolecular Hbond substituents is 1. The Balaban J connectivity index is 0.000000304. The molecule has 0 aliphatic heterocycles. The molecule has 0 radical (unpaired) electrons. The minimum Gasteiger partial charge on any atom is -0.506 e. The van der Waals surface area contributed by atoms with E-state index in [2.05, 4.69) is 0 Å². The molecule has 0 saturated heterocycles. The zero-order valence-electron chi connectivity index (χ0n) is 9.26. The van der Waals surface area contributed by atoms with Crippen LogP contribution in [0, 0.1) is 0 Å². The molecule has 17 heavy (non-hydrogen) atoms. The van der Waals surface area contributed by atoms with Crippen LogP contribution < -0.4 is 0 Å². The van der Waals surface area contributed by atoms with E-state index in [1.807, 2.05) is 6.92 Å². The van der Waals surface area contributed by atoms with E-state index in [0.29, 0.717) is 17.9 Å². The van der Waals surface area contributed by atoms with E-state index in [-0.39, 0.29) is 17.4 Å². The summed E-state index contributed by atoms with van der Waals surface area (Å²) in [6.07, 6.45) is 1.13. The average Bonchev–Trinajstić information content (AvgIpc) is 2.27. The quantitative estimate of drug-likeness (QED) is 0.796. The van der Waals surface area contributed by atoms with Crippen molar-refractivity contribution < 1.29 is 10.2 Å². The predicted octanol–water partition coefficient (Wildman–Crippen LogP) is 4.65. The number of aliphatic hydroxyl groups is 1. The molecule has 0 spiro atoms. The third kappa shape index (κ3) is 7.22. The molecule has 1 aromatic rings. The lowest BCUT2D eigenvalue weighted by Gasteiger charge is -2.13. The molecule has 0 unspecified atom stereocenters. The van der Waals surface area contributed by atoms with Crippen molar-refractivity contribution in [3.8, 4) is 5.75 Å². The second-order valence-electron chi connectivity index (χ2n) is 3.26. The molecular weight excluding hydrogens is 306 g/mol. The first-order valence-electron chi connectivity index (χ1n) is 4.95. The Bertz CT molecular complexity index is 322. The van der Waals surface area contributed by atoms with Crippen molar-refractivity contribution >= 4 is 46.4 Å². The molecule has 1 aromatic carbocycles. The highest BCUT2D eigenvalue weighted by Crippen LogP contribution is 2.29. The summed E-state index contributed by atoms with van der Waals surface area (Å²) in [6, 6.07) is 4.72. The van der Waals surface area contributed by atoms with Gasteiger partial charge in [0.1, 0.15) is 15.1 Å². The van der Waals surface area contributed by atoms with E-state index in [1.165, 1.54) is 6.07 Å². The van der Waals surface area contributed by atoms with Crippen molar-refractivity contribution in [3.63, 3.8) is 0 Å². The highest BCUT2D eigenvalue weighted by molar-refractivity contribution is 6.48. The number of hydrogen-bond acceptors (Lipinski definition) is 2. The SMILES string of the molecule is CCC(Cl)(Cl)CCO.Oc1cccc(Cl)c1Cl. The smallest absolute Gasteiger partial charge is 0.135 e. The molecule has 98 valence electrons. The fraction of sp³-hybridized carbons (Fsp3) is 0.455. The first-order chi connectivity index (χ1) is 7.84. The molecule has 0 atom stereocenters. The van der Waals surface area contributed by atoms with E-state index in [1.54, 1.807) is 12.1 Å². The van der Waals surface area contributed by atoms with Gasteiger partial charge in [0.2, 0.25) is 0 Å². The van der Waals surface area contributed by atoms with Gasteiger partial charge in [0.05, 0.1) is 5.02 Å². The van der Waals surface area contributed by atoms with E-state index >= 15 is 0 Å². The summed E-state index contributed by atoms with van der Waals surface area (Å²) in [6.45, 7) is 1.94. The Morgan fingerprint density at radius 2 is 1.82 bits per heavy atom. The third-order valence-corrected chi connectivity index (χ3v) is 3.65. The molecule has 2 N–H and O–H groups in total. The lowest BCUT2D eigenvalue weighted by atomic mass is 10.2. The van der Waals surface area contributed by atoms with Crippen LogP contribution in [0.25, 0.3) is 0 Å². The monoisotopic (exact) mass is 318 g/mol. The van der Waals surface area contributed by atoms with Gasteiger partial charge in [0, 0.05) is 13.0 Å². The second-order valence-corrected chi connectivity index (χ2v) is 5.68. The van der Waals surface area contributed by atoms with Crippen LogP contribution in [-0.2, 0) is 0 Å². The lowest BCUT2D eigenvalue weighted by Crippen LogP contribution is -2.12. The molecule has 0 amide bonds. The number of phenols is 1. The van der Waals surface area contributed by atoms with Gasteiger partial charge in [-0.2, -0.15) is 0 Å². The summed E-state index contributed by atoms with van der Waals surface area (Å²) in [5.41, 5.74) is 0. The van der Waals surface area contributed by atoms with E-state index < -0.39 is 4.33 Å². The predicted molar refractivity (Wildman–Crippen MR) is 74.6 cm³/mol. The number of halogens is 4. The van der Waals surface area contributed by atoms with Crippen LogP contribution in [0.2, 0.25) is 10.0 Å². The summed E-state index contributed by atoms with van der Waals surface area (Å²) in [7, 11) is 0. The molecule has 0 fully saturated rings. The molecule has 2 nitrogen and oxygen atoms in total. The number of rotatable bonds is 3. The number of alkyl halides is 2. The first-order valence-corrected chi connectivity index (χ1v) is 6.47. The van der Waals surface area contributed by atoms with Crippen LogP contribution in [0.5, 0.6) is 5.75 Å². The highest BCUT2D eigenvalue weighted by atomic mass is 35.5. The number of hydrogen-bond donors (Lipinski definition) is 2. The van der Waals surface area contributed by atoms with Gasteiger partial charge < -0.3 is 10.2 Å². The van der Waals surface area contributed by atoms with Gasteiger partial charge in [-0.15, -0.1) is 23.2 Å². The molecular formula is C11H14Cl4O2. The Labute approximate surface area is 121 Å². The topological polar surface area (TPSA) is 40.5 Å². The first kappa shape index (κ1) is 17.1. The summed E-state index contributed by atoms with van der Waals surface area (Å²) in [4.78, 5) is 0. The zero-order valence-corrected chi connectivity index (χ0v) is 12.3. The Kier molecular flexibility index (Phi) is 8.35. The molecule has 0 aromatic heterocycles. The summed E-state index contributed by atoms with van der Waals surface area (Å²) >= 11 is 22.3. The van der Waals surface area contributed by atoms with Gasteiger partial charge in [0.25, 0.3) is 0 Å². The van der Waals surface area contributed by atoms with Crippen LogP contribution in [-0.4, -0.2) is 21.2 Å². The fourth-order valence-corrected chi connectivity index (χ4v) is 1.30. The maximum absolute atomic E-state index is 8.88. The van der Waals surface area contributed by atoms with Crippen molar-refractivity contribution in [1.29, 1.82) is 0 Å². The fourth-order valence-electron chi connectivity index (χ4n) is 0.833. The van der Waals surface area contributed by atoms with Crippen LogP contribution in [0.15, 0.2) is 18.2 Å². The van der Waals surface area contributed by atoms with Crippen LogP contribution >= 0.6 is 46.4 Å². The number of aromatic hydroxyl groups is 1. The Morgan fingerprint density at radius 3 is 2.12 bits per heavy atom. The molecule has 1 rings (SSSR count). The van der Waals surface area contributed by atoms with Crippen molar-refractivity contribution in [2.24, 2.45) is 0 Å². The molecule has 0 aliphatic rings. The summed E-state index contributed by atoms with van der Waals surface area (Å²) in [5.74, 6) is 0.0177. The zero-order chi connectivity index (χ0) is 13.5. The van der Waals surface area contributed by atoms with Crippen molar-refractivity contribution in [2.75, 3.05) is 6.61 Å². The van der Waals surface area contributed by atoms with Gasteiger partial charge >= 0.3 is 0 Å². The van der Waals surface area contributed by atoms with Gasteiger partial charge in [-0.05, 0) is 18.6 Å². The standard InChI is InChI=1S/C6H4Cl2O.C5H10Cl2O/c7-4-2-1-3-5(9)6(4)8;1-2-5(6,7)3-4-8/h1-3,9H;8H,2-4H2,1H3. The lowest BCUT2D eigenvalue weighted by molar-refractivity contribution is 0.280. The highest BCUT2D eigenvalue weighted by Gasteiger charge is 2.19. The van der Waals surface area contributed by atoms with Crippen molar-refractivity contribution in [3.05, 3.63) is 28.2 Å². The van der Waals surface area contributed by atoms with Gasteiger partial charge in [-0.1, -0.05) is 36.2 Å². The molecule has 0 saturated carbocycles. The largest absolute Gasteiger partial charge is 0.506 e. The Morgan fingerprint density at radius 1 is 1.24 bits per heavy atom. The van der Waals surface area contributed by atoms with Crippen LogP contribution in [0.3, 0.4) is 0 Å². The van der Waals surface area contributed by atoms with Gasteiger partial charge in [-0.25, -0.2) is 0 Å². The molecule has 0 aliphatic carbocycles. The summed E-state index contributed by atoms with van der Waals surface area (Å²) in [5, 5.41) is 17.8. The minimum atomic E-state index is -0.714. The average molecular weight is 320 g/mol. The van der Waals surface area contributed by atoms with Crippen LogP contribution in [0.1, 0.15) is 19.8 Å². The van der Waals surface area contributed by atoms with E-state index in [4.69, 9.17) is 56.6 Å². The summed E-state index contributed by atoms with van der Waals surface area (Å²) < 4.78 is -0.714. The maximum atomic E-state index is 8.88. The van der Waals surface area contributed by atoms with E-state index in [9.17, 15) is 0 Å². The third-order valence-electron chi connectivity index (χ3n) is 1.93. The van der Waals surface area contributed by atoms with Gasteiger partial charge in [0.15, 0.2) is 0 Å². The normalized spacial score (nSPS) is 10.7. The molecule has 6 heteroatoms. The number of benzene rings is 1. The number of aliphatic hydroxyl groups excluding tert-OH is 1. The minimum absolute atomic E-state index is 0.0177. The van der Waals surface area contributed by atoms with Crippen LogP contribution in [0.4, 0.5) is 0 Å². The van der Waals surface area contributed by atoms with E-state index in [0.717, 1.165) is 0 Å². The van der Waals surface area contributed by atoms with Gasteiger partial charge in [-0.3, -0.25) is 0 Å². The molecule has 0 heterocycles. The van der Waals surface area contributed by atoms with Crippen molar-refractivity contribution in [2.45, 2.75) is 24.1 Å². The maximum Gasteiger partial charge on any atom is 0.135 e. The van der Waals surface area contributed by atoms with Crippen molar-refractivity contribution in [1.82, 2.24) is 0 Å². The molecule has 0 bridgehead atoms. The second kappa shape index (κ2) is 8.28. The Hall–Kier alpha value is 0.140.